The van der Waals surface area contributed by atoms with Gasteiger partial charge in [0.15, 0.2) is 5.84 Å². The number of para-hydroxylation sites is 2. The van der Waals surface area contributed by atoms with Crippen LogP contribution in [0, 0.1) is 17.8 Å². The Labute approximate surface area is 159 Å². The van der Waals surface area contributed by atoms with Crippen molar-refractivity contribution in [3.8, 4) is 0 Å². The van der Waals surface area contributed by atoms with E-state index in [1.54, 1.807) is 12.1 Å². The maximum Gasteiger partial charge on any atom is 0.449 e. The molecule has 28 heavy (non-hydrogen) atoms. The van der Waals surface area contributed by atoms with Gasteiger partial charge in [0.05, 0.1) is 24.0 Å². The average Bonchev–Trinajstić information content (AvgIpc) is 3.34. The molecule has 150 valence electrons. The van der Waals surface area contributed by atoms with E-state index >= 15 is 0 Å². The molecule has 2 bridgehead atoms. The van der Waals surface area contributed by atoms with E-state index in [-0.39, 0.29) is 29.8 Å². The Hall–Kier alpha value is -2.58. The molecule has 0 saturated heterocycles. The number of carbonyl (C=O) groups is 1. The molecule has 2 aromatic rings. The molecular weight excluding hydrogens is 373 g/mol. The molecule has 2 saturated carbocycles. The number of aromatic nitrogens is 2. The fourth-order valence-electron chi connectivity index (χ4n) is 4.63. The molecule has 0 aliphatic heterocycles. The van der Waals surface area contributed by atoms with E-state index in [2.05, 4.69) is 10.1 Å². The van der Waals surface area contributed by atoms with Gasteiger partial charge >= 0.3 is 12.1 Å². The number of amidine groups is 1. The second-order valence-corrected chi connectivity index (χ2v) is 7.69. The number of alkyl halides is 3. The van der Waals surface area contributed by atoms with Crippen molar-refractivity contribution >= 4 is 22.8 Å². The van der Waals surface area contributed by atoms with Gasteiger partial charge in [-0.15, -0.1) is 0 Å². The van der Waals surface area contributed by atoms with Crippen LogP contribution in [0.4, 0.5) is 13.2 Å². The smallest absolute Gasteiger partial charge is 0.383 e. The van der Waals surface area contributed by atoms with Crippen molar-refractivity contribution in [3.63, 3.8) is 0 Å². The highest BCUT2D eigenvalue weighted by Crippen LogP contribution is 2.49. The number of imidazole rings is 1. The van der Waals surface area contributed by atoms with Crippen molar-refractivity contribution < 1.29 is 22.8 Å². The van der Waals surface area contributed by atoms with Crippen LogP contribution in [0.1, 0.15) is 37.9 Å². The van der Waals surface area contributed by atoms with E-state index in [1.165, 1.54) is 25.0 Å². The van der Waals surface area contributed by atoms with Crippen molar-refractivity contribution in [1.29, 1.82) is 0 Å². The van der Waals surface area contributed by atoms with Crippen LogP contribution in [-0.4, -0.2) is 21.4 Å². The van der Waals surface area contributed by atoms with Gasteiger partial charge in [-0.05, 0) is 49.1 Å². The van der Waals surface area contributed by atoms with Crippen molar-refractivity contribution in [1.82, 2.24) is 9.55 Å². The minimum atomic E-state index is -4.64. The van der Waals surface area contributed by atoms with Crippen LogP contribution < -0.4 is 5.73 Å². The molecule has 2 aliphatic rings. The fourth-order valence-corrected chi connectivity index (χ4v) is 4.63. The average molecular weight is 394 g/mol. The lowest BCUT2D eigenvalue weighted by Crippen LogP contribution is -2.25. The molecule has 0 spiro atoms. The molecule has 0 radical (unpaired) electrons. The van der Waals surface area contributed by atoms with Gasteiger partial charge in [-0.2, -0.15) is 13.2 Å². The summed E-state index contributed by atoms with van der Waals surface area (Å²) in [7, 11) is 0. The molecule has 6 nitrogen and oxygen atoms in total. The number of benzene rings is 1. The van der Waals surface area contributed by atoms with Gasteiger partial charge in [-0.25, -0.2) is 9.78 Å². The Morgan fingerprint density at radius 2 is 2.07 bits per heavy atom. The van der Waals surface area contributed by atoms with Crippen LogP contribution in [0.5, 0.6) is 0 Å². The number of rotatable bonds is 5. The van der Waals surface area contributed by atoms with Crippen LogP contribution >= 0.6 is 0 Å². The molecule has 0 unspecified atom stereocenters. The van der Waals surface area contributed by atoms with Gasteiger partial charge < -0.3 is 15.1 Å². The van der Waals surface area contributed by atoms with Crippen LogP contribution in [-0.2, 0) is 22.4 Å². The summed E-state index contributed by atoms with van der Waals surface area (Å²) < 4.78 is 40.8. The maximum absolute atomic E-state index is 13.3. The Balaban J connectivity index is 1.44. The lowest BCUT2D eigenvalue weighted by molar-refractivity contribution is -0.147. The molecule has 3 atom stereocenters. The van der Waals surface area contributed by atoms with Crippen LogP contribution in [0.2, 0.25) is 0 Å². The molecular formula is C19H21F3N4O2. The first-order valence-corrected chi connectivity index (χ1v) is 9.36. The Kier molecular flexibility index (Phi) is 4.76. The number of oxime groups is 1. The lowest BCUT2D eigenvalue weighted by Gasteiger charge is -2.19. The largest absolute Gasteiger partial charge is 0.449 e. The summed E-state index contributed by atoms with van der Waals surface area (Å²) in [6.45, 7) is -0.378. The highest BCUT2D eigenvalue weighted by Gasteiger charge is 2.40. The molecule has 1 heterocycles. The van der Waals surface area contributed by atoms with Crippen molar-refractivity contribution in [3.05, 3.63) is 30.1 Å². The maximum atomic E-state index is 13.3. The van der Waals surface area contributed by atoms with Gasteiger partial charge in [0.2, 0.25) is 5.82 Å². The van der Waals surface area contributed by atoms with Crippen molar-refractivity contribution in [2.45, 2.75) is 44.8 Å². The van der Waals surface area contributed by atoms with Gasteiger partial charge in [0.1, 0.15) is 0 Å². The monoisotopic (exact) mass is 394 g/mol. The number of nitrogens with zero attached hydrogens (tertiary/aromatic N) is 3. The summed E-state index contributed by atoms with van der Waals surface area (Å²) in [5.41, 5.74) is 6.23. The van der Waals surface area contributed by atoms with E-state index in [4.69, 9.17) is 10.6 Å². The highest BCUT2D eigenvalue weighted by molar-refractivity contribution is 5.84. The highest BCUT2D eigenvalue weighted by atomic mass is 19.4. The normalized spacial score (nSPS) is 24.8. The van der Waals surface area contributed by atoms with Crippen LogP contribution in [0.25, 0.3) is 11.0 Å². The summed E-state index contributed by atoms with van der Waals surface area (Å²) in [6.07, 6.45) is 0.243. The molecule has 2 N–H and O–H groups in total. The third kappa shape index (κ3) is 3.70. The zero-order chi connectivity index (χ0) is 19.9. The fraction of sp³-hybridized carbons (Fsp3) is 0.526. The first kappa shape index (κ1) is 18.8. The summed E-state index contributed by atoms with van der Waals surface area (Å²) in [4.78, 5) is 20.5. The van der Waals surface area contributed by atoms with Crippen molar-refractivity contribution in [2.24, 2.45) is 28.6 Å². The van der Waals surface area contributed by atoms with E-state index in [1.807, 2.05) is 0 Å². The number of nitrogens with two attached hydrogens (primary N) is 1. The number of fused-ring (bicyclic) bond motifs is 3. The summed E-state index contributed by atoms with van der Waals surface area (Å²) in [5.74, 6) is -0.184. The number of hydrogen-bond acceptors (Lipinski definition) is 4. The van der Waals surface area contributed by atoms with E-state index < -0.39 is 18.0 Å². The minimum Gasteiger partial charge on any atom is -0.383 e. The number of hydrogen-bond donors (Lipinski definition) is 1. The Bertz CT molecular complexity index is 922. The van der Waals surface area contributed by atoms with E-state index in [9.17, 15) is 18.0 Å². The zero-order valence-electron chi connectivity index (χ0n) is 15.2. The van der Waals surface area contributed by atoms with Crippen LogP contribution in [0.15, 0.2) is 29.4 Å². The first-order chi connectivity index (χ1) is 13.3. The van der Waals surface area contributed by atoms with Gasteiger partial charge in [0.25, 0.3) is 0 Å². The van der Waals surface area contributed by atoms with E-state index in [0.29, 0.717) is 17.8 Å². The first-order valence-electron chi connectivity index (χ1n) is 9.36. The third-order valence-corrected chi connectivity index (χ3v) is 5.81. The molecule has 1 aromatic carbocycles. The summed E-state index contributed by atoms with van der Waals surface area (Å²) >= 11 is 0. The minimum absolute atomic E-state index is 0.205. The van der Waals surface area contributed by atoms with Gasteiger partial charge in [0, 0.05) is 0 Å². The lowest BCUT2D eigenvalue weighted by atomic mass is 9.86. The molecule has 2 fully saturated rings. The SMILES string of the molecule is N/C(Cn1c(C(F)(F)F)nc2ccccc21)=N/OC(=O)C[C@H]1C[C@H]2CC[C@@H]1C2. The molecule has 0 amide bonds. The predicted molar refractivity (Wildman–Crippen MR) is 96.0 cm³/mol. The quantitative estimate of drug-likeness (QED) is 0.363. The number of halogens is 3. The van der Waals surface area contributed by atoms with E-state index in [0.717, 1.165) is 17.4 Å². The topological polar surface area (TPSA) is 82.5 Å². The second kappa shape index (κ2) is 7.10. The van der Waals surface area contributed by atoms with Crippen molar-refractivity contribution in [2.75, 3.05) is 0 Å². The number of carbonyl (C=O) groups excluding carboxylic acids is 1. The molecule has 1 aromatic heterocycles. The van der Waals surface area contributed by atoms with Gasteiger partial charge in [-0.3, -0.25) is 0 Å². The molecule has 9 heteroatoms. The summed E-state index contributed by atoms with van der Waals surface area (Å²) in [6, 6.07) is 6.23. The Morgan fingerprint density at radius 3 is 2.75 bits per heavy atom. The molecule has 4 rings (SSSR count). The van der Waals surface area contributed by atoms with Crippen LogP contribution in [0.3, 0.4) is 0 Å². The Morgan fingerprint density at radius 1 is 1.29 bits per heavy atom. The zero-order valence-corrected chi connectivity index (χ0v) is 15.2. The molecule has 2 aliphatic carbocycles. The summed E-state index contributed by atoms with van der Waals surface area (Å²) in [5, 5.41) is 3.56. The third-order valence-electron chi connectivity index (χ3n) is 5.81. The predicted octanol–water partition coefficient (Wildman–Crippen LogP) is 3.70. The van der Waals surface area contributed by atoms with Gasteiger partial charge in [-0.1, -0.05) is 23.7 Å². The standard InChI is InChI=1S/C19H21F3N4O2/c20-19(21,22)18-24-14-3-1-2-4-15(14)26(18)10-16(23)25-28-17(27)9-13-8-11-5-6-12(13)7-11/h1-4,11-13H,5-10H2,(H2,23,25)/t11-,12+,13+/m0/s1. The second-order valence-electron chi connectivity index (χ2n) is 7.69.